The molecule has 0 amide bonds. The molecule has 10 heavy (non-hydrogen) atoms. The van der Waals surface area contributed by atoms with E-state index in [1.807, 2.05) is 0 Å². The van der Waals surface area contributed by atoms with Gasteiger partial charge in [0, 0.05) is 19.3 Å². The number of nitrogens with two attached hydrogens (primary N) is 1. The lowest BCUT2D eigenvalue weighted by molar-refractivity contribution is 0.180. The van der Waals surface area contributed by atoms with Gasteiger partial charge in [0.05, 0.1) is 0 Å². The van der Waals surface area contributed by atoms with Gasteiger partial charge in [0.15, 0.2) is 0 Å². The maximum atomic E-state index is 5.84. The second-order valence-electron chi connectivity index (χ2n) is 3.63. The Kier molecular flexibility index (Phi) is 1.66. The van der Waals surface area contributed by atoms with Crippen molar-refractivity contribution in [2.45, 2.75) is 25.3 Å². The van der Waals surface area contributed by atoms with Crippen molar-refractivity contribution in [2.75, 3.05) is 13.2 Å². The summed E-state index contributed by atoms with van der Waals surface area (Å²) in [5, 5.41) is 0. The van der Waals surface area contributed by atoms with Gasteiger partial charge < -0.3 is 10.5 Å². The van der Waals surface area contributed by atoms with E-state index in [4.69, 9.17) is 10.5 Å². The minimum atomic E-state index is 0.461. The minimum Gasteiger partial charge on any atom is -0.381 e. The first-order chi connectivity index (χ1) is 4.86. The first-order valence-electron chi connectivity index (χ1n) is 4.19. The quantitative estimate of drug-likeness (QED) is 0.540. The highest BCUT2D eigenvalue weighted by Crippen LogP contribution is 2.33. The van der Waals surface area contributed by atoms with Crippen molar-refractivity contribution in [2.24, 2.45) is 17.6 Å². The summed E-state index contributed by atoms with van der Waals surface area (Å²) in [4.78, 5) is 0. The zero-order valence-corrected chi connectivity index (χ0v) is 6.25. The monoisotopic (exact) mass is 141 g/mol. The fourth-order valence-corrected chi connectivity index (χ4v) is 2.16. The fraction of sp³-hybridized carbons (Fsp3) is 1.00. The summed E-state index contributed by atoms with van der Waals surface area (Å²) >= 11 is 0. The molecule has 58 valence electrons. The van der Waals surface area contributed by atoms with E-state index in [1.54, 1.807) is 0 Å². The maximum Gasteiger partial charge on any atom is 0.0498 e. The van der Waals surface area contributed by atoms with Crippen LogP contribution in [0.2, 0.25) is 0 Å². The Morgan fingerprint density at radius 1 is 1.10 bits per heavy atom. The van der Waals surface area contributed by atoms with Gasteiger partial charge in [-0.15, -0.1) is 0 Å². The lowest BCUT2D eigenvalue weighted by Crippen LogP contribution is -2.32. The SMILES string of the molecule is NC1CCC2COCC2C1. The number of fused-ring (bicyclic) bond motifs is 1. The van der Waals surface area contributed by atoms with Crippen LogP contribution >= 0.6 is 0 Å². The summed E-state index contributed by atoms with van der Waals surface area (Å²) in [5.74, 6) is 1.64. The Hall–Kier alpha value is -0.0800. The second kappa shape index (κ2) is 2.51. The van der Waals surface area contributed by atoms with Crippen molar-refractivity contribution in [3.8, 4) is 0 Å². The van der Waals surface area contributed by atoms with E-state index in [-0.39, 0.29) is 0 Å². The van der Waals surface area contributed by atoms with Crippen molar-refractivity contribution in [3.05, 3.63) is 0 Å². The molecule has 3 atom stereocenters. The Labute approximate surface area is 61.7 Å². The molecule has 2 fully saturated rings. The maximum absolute atomic E-state index is 5.84. The van der Waals surface area contributed by atoms with Gasteiger partial charge in [-0.2, -0.15) is 0 Å². The van der Waals surface area contributed by atoms with Crippen LogP contribution in [0.5, 0.6) is 0 Å². The molecule has 0 bridgehead atoms. The molecule has 0 aromatic rings. The molecule has 0 aromatic heterocycles. The summed E-state index contributed by atoms with van der Waals surface area (Å²) in [5.41, 5.74) is 5.84. The third-order valence-corrected chi connectivity index (χ3v) is 2.84. The Balaban J connectivity index is 1.96. The Morgan fingerprint density at radius 2 is 1.90 bits per heavy atom. The smallest absolute Gasteiger partial charge is 0.0498 e. The van der Waals surface area contributed by atoms with Gasteiger partial charge in [-0.1, -0.05) is 0 Å². The predicted molar refractivity (Wildman–Crippen MR) is 39.6 cm³/mol. The number of hydrogen-bond acceptors (Lipinski definition) is 2. The van der Waals surface area contributed by atoms with Crippen LogP contribution in [0.1, 0.15) is 19.3 Å². The number of hydrogen-bond donors (Lipinski definition) is 1. The Bertz CT molecular complexity index is 126. The van der Waals surface area contributed by atoms with Gasteiger partial charge in [-0.25, -0.2) is 0 Å². The summed E-state index contributed by atoms with van der Waals surface area (Å²) in [6.07, 6.45) is 3.71. The summed E-state index contributed by atoms with van der Waals surface area (Å²) in [7, 11) is 0. The van der Waals surface area contributed by atoms with E-state index in [0.717, 1.165) is 25.0 Å². The van der Waals surface area contributed by atoms with Gasteiger partial charge in [0.1, 0.15) is 0 Å². The van der Waals surface area contributed by atoms with Crippen LogP contribution in [-0.4, -0.2) is 19.3 Å². The molecule has 2 heteroatoms. The average Bonchev–Trinajstić information content (AvgIpc) is 2.33. The molecule has 3 unspecified atom stereocenters. The first-order valence-corrected chi connectivity index (χ1v) is 4.19. The topological polar surface area (TPSA) is 35.2 Å². The van der Waals surface area contributed by atoms with Crippen LogP contribution in [0.15, 0.2) is 0 Å². The zero-order valence-electron chi connectivity index (χ0n) is 6.25. The zero-order chi connectivity index (χ0) is 6.97. The average molecular weight is 141 g/mol. The van der Waals surface area contributed by atoms with Crippen LogP contribution in [0.25, 0.3) is 0 Å². The van der Waals surface area contributed by atoms with Crippen LogP contribution < -0.4 is 5.73 Å². The standard InChI is InChI=1S/C8H15NO/c9-8-2-1-6-4-10-5-7(6)3-8/h6-8H,1-5,9H2. The van der Waals surface area contributed by atoms with E-state index in [9.17, 15) is 0 Å². The van der Waals surface area contributed by atoms with Crippen LogP contribution in [0.4, 0.5) is 0 Å². The molecule has 1 aliphatic heterocycles. The molecule has 0 spiro atoms. The van der Waals surface area contributed by atoms with Crippen LogP contribution in [0, 0.1) is 11.8 Å². The molecule has 1 saturated carbocycles. The molecule has 0 radical (unpaired) electrons. The second-order valence-corrected chi connectivity index (χ2v) is 3.63. The van der Waals surface area contributed by atoms with Crippen LogP contribution in [-0.2, 0) is 4.74 Å². The highest BCUT2D eigenvalue weighted by atomic mass is 16.5. The highest BCUT2D eigenvalue weighted by molar-refractivity contribution is 4.84. The van der Waals surface area contributed by atoms with Crippen molar-refractivity contribution < 1.29 is 4.74 Å². The van der Waals surface area contributed by atoms with E-state index >= 15 is 0 Å². The van der Waals surface area contributed by atoms with Crippen molar-refractivity contribution in [1.29, 1.82) is 0 Å². The third kappa shape index (κ3) is 1.06. The lowest BCUT2D eigenvalue weighted by Gasteiger charge is -2.27. The van der Waals surface area contributed by atoms with Gasteiger partial charge in [-0.3, -0.25) is 0 Å². The number of ether oxygens (including phenoxy) is 1. The molecular weight excluding hydrogens is 126 g/mol. The minimum absolute atomic E-state index is 0.461. The van der Waals surface area contributed by atoms with E-state index in [0.29, 0.717) is 6.04 Å². The van der Waals surface area contributed by atoms with Gasteiger partial charge in [-0.05, 0) is 31.1 Å². The van der Waals surface area contributed by atoms with E-state index in [1.165, 1.54) is 19.3 Å². The molecular formula is C8H15NO. The van der Waals surface area contributed by atoms with Gasteiger partial charge >= 0.3 is 0 Å². The summed E-state index contributed by atoms with van der Waals surface area (Å²) in [6.45, 7) is 1.97. The highest BCUT2D eigenvalue weighted by Gasteiger charge is 2.33. The molecule has 2 rings (SSSR count). The predicted octanol–water partition coefficient (Wildman–Crippen LogP) is 0.760. The summed E-state index contributed by atoms with van der Waals surface area (Å²) in [6, 6.07) is 0.461. The lowest BCUT2D eigenvalue weighted by atomic mass is 9.79. The van der Waals surface area contributed by atoms with Crippen molar-refractivity contribution in [1.82, 2.24) is 0 Å². The molecule has 1 heterocycles. The van der Waals surface area contributed by atoms with Crippen LogP contribution in [0.3, 0.4) is 0 Å². The van der Waals surface area contributed by atoms with Gasteiger partial charge in [0.25, 0.3) is 0 Å². The molecule has 2 nitrogen and oxygen atoms in total. The number of rotatable bonds is 0. The first kappa shape index (κ1) is 6.62. The largest absolute Gasteiger partial charge is 0.381 e. The van der Waals surface area contributed by atoms with Crippen molar-refractivity contribution in [3.63, 3.8) is 0 Å². The summed E-state index contributed by atoms with van der Waals surface area (Å²) < 4.78 is 5.38. The molecule has 1 saturated heterocycles. The van der Waals surface area contributed by atoms with E-state index < -0.39 is 0 Å². The molecule has 2 N–H and O–H groups in total. The third-order valence-electron chi connectivity index (χ3n) is 2.84. The van der Waals surface area contributed by atoms with Crippen molar-refractivity contribution >= 4 is 0 Å². The molecule has 1 aliphatic carbocycles. The normalized spacial score (nSPS) is 47.1. The van der Waals surface area contributed by atoms with E-state index in [2.05, 4.69) is 0 Å². The molecule has 0 aromatic carbocycles. The van der Waals surface area contributed by atoms with Gasteiger partial charge in [0.2, 0.25) is 0 Å². The fourth-order valence-electron chi connectivity index (χ4n) is 2.16. The Morgan fingerprint density at radius 3 is 2.80 bits per heavy atom. The molecule has 2 aliphatic rings.